The predicted molar refractivity (Wildman–Crippen MR) is 195 cm³/mol. The molecule has 12 heteroatoms. The lowest BCUT2D eigenvalue weighted by molar-refractivity contribution is -0.138. The van der Waals surface area contributed by atoms with Crippen molar-refractivity contribution in [2.24, 2.45) is 23.7 Å². The topological polar surface area (TPSA) is 136 Å². The number of aliphatic hydroxyl groups excluding tert-OH is 2. The van der Waals surface area contributed by atoms with Crippen molar-refractivity contribution in [1.82, 2.24) is 0 Å². The fourth-order valence-electron chi connectivity index (χ4n) is 6.04. The van der Waals surface area contributed by atoms with Crippen molar-refractivity contribution >= 4 is 68.7 Å². The molecule has 2 aliphatic rings. The van der Waals surface area contributed by atoms with Crippen LogP contribution < -0.4 is 4.74 Å². The fraction of sp³-hybridized carbons (Fsp3) is 0.444. The molecular weight excluding hydrogens is 849 g/mol. The van der Waals surface area contributed by atoms with E-state index in [1.165, 1.54) is 25.3 Å². The molecule has 4 rings (SSSR count). The minimum atomic E-state index is -0.682. The molecule has 0 fully saturated rings. The van der Waals surface area contributed by atoms with E-state index in [-0.39, 0.29) is 66.3 Å². The molecule has 0 saturated heterocycles. The highest BCUT2D eigenvalue weighted by Crippen LogP contribution is 2.42. The number of carbonyl (C=O) groups excluding carboxylic acids is 4. The van der Waals surface area contributed by atoms with Gasteiger partial charge in [-0.15, -0.1) is 0 Å². The minimum absolute atomic E-state index is 0.0232. The van der Waals surface area contributed by atoms with E-state index in [1.807, 2.05) is 56.4 Å². The summed E-state index contributed by atoms with van der Waals surface area (Å²) in [5.74, 6) is -2.68. The molecular formula is C36H41FI2O9. The molecule has 0 saturated carbocycles. The molecule has 2 aromatic carbocycles. The van der Waals surface area contributed by atoms with Gasteiger partial charge < -0.3 is 24.4 Å². The Morgan fingerprint density at radius 1 is 0.792 bits per heavy atom. The SMILES string of the molecule is CCOC(=O)C1=CC([C@H](CO)C(C)C)c2cc(F)c(I)cc2C1=O.COC(=O)C1=CC([C@H](CO)C(C)C)c2cc(OC)c(I)cc2C1=O. The summed E-state index contributed by atoms with van der Waals surface area (Å²) in [6, 6.07) is 6.36. The van der Waals surface area contributed by atoms with Gasteiger partial charge in [-0.25, -0.2) is 14.0 Å². The molecule has 0 heterocycles. The molecule has 9 nitrogen and oxygen atoms in total. The maximum Gasteiger partial charge on any atom is 0.341 e. The summed E-state index contributed by atoms with van der Waals surface area (Å²) in [5, 5.41) is 19.6. The first-order valence-electron chi connectivity index (χ1n) is 15.5. The van der Waals surface area contributed by atoms with E-state index in [9.17, 15) is 33.8 Å². The largest absolute Gasteiger partial charge is 0.496 e. The zero-order valence-electron chi connectivity index (χ0n) is 27.9. The normalized spacial score (nSPS) is 18.1. The second-order valence-corrected chi connectivity index (χ2v) is 14.5. The number of allylic oxidation sites excluding steroid dienone is 2. The van der Waals surface area contributed by atoms with Crippen molar-refractivity contribution in [2.75, 3.05) is 34.0 Å². The van der Waals surface area contributed by atoms with Crippen molar-refractivity contribution in [2.45, 2.75) is 46.5 Å². The van der Waals surface area contributed by atoms with Crippen LogP contribution in [0, 0.1) is 36.6 Å². The lowest BCUT2D eigenvalue weighted by Crippen LogP contribution is -2.29. The number of fused-ring (bicyclic) bond motifs is 2. The van der Waals surface area contributed by atoms with Crippen LogP contribution in [0.1, 0.15) is 78.3 Å². The number of carbonyl (C=O) groups is 4. The average Bonchev–Trinajstić information content (AvgIpc) is 3.04. The third-order valence-corrected chi connectivity index (χ3v) is 10.4. The van der Waals surface area contributed by atoms with Crippen LogP contribution in [-0.4, -0.2) is 67.8 Å². The first kappa shape index (κ1) is 39.7. The fourth-order valence-corrected chi connectivity index (χ4v) is 7.19. The summed E-state index contributed by atoms with van der Waals surface area (Å²) in [7, 11) is 2.83. The molecule has 0 amide bonds. The van der Waals surface area contributed by atoms with Gasteiger partial charge in [-0.2, -0.15) is 0 Å². The van der Waals surface area contributed by atoms with Gasteiger partial charge in [0.15, 0.2) is 11.6 Å². The van der Waals surface area contributed by atoms with Gasteiger partial charge in [0.1, 0.15) is 22.7 Å². The van der Waals surface area contributed by atoms with E-state index in [0.29, 0.717) is 26.0 Å². The highest BCUT2D eigenvalue weighted by atomic mass is 127. The number of aliphatic hydroxyl groups is 2. The Labute approximate surface area is 307 Å². The van der Waals surface area contributed by atoms with Crippen molar-refractivity contribution in [3.63, 3.8) is 0 Å². The molecule has 2 aliphatic carbocycles. The number of methoxy groups -OCH3 is 2. The van der Waals surface area contributed by atoms with E-state index in [4.69, 9.17) is 14.2 Å². The first-order valence-corrected chi connectivity index (χ1v) is 17.7. The second-order valence-electron chi connectivity index (χ2n) is 12.2. The van der Waals surface area contributed by atoms with Gasteiger partial charge in [-0.1, -0.05) is 39.8 Å². The van der Waals surface area contributed by atoms with Gasteiger partial charge in [0, 0.05) is 39.7 Å². The van der Waals surface area contributed by atoms with Gasteiger partial charge in [-0.05, 0) is 111 Å². The summed E-state index contributed by atoms with van der Waals surface area (Å²) < 4.78 is 30.3. The van der Waals surface area contributed by atoms with Crippen LogP contribution in [0.25, 0.3) is 0 Å². The smallest absolute Gasteiger partial charge is 0.341 e. The third kappa shape index (κ3) is 8.36. The van der Waals surface area contributed by atoms with Crippen LogP contribution in [0.5, 0.6) is 5.75 Å². The zero-order valence-corrected chi connectivity index (χ0v) is 32.3. The van der Waals surface area contributed by atoms with Gasteiger partial charge in [0.2, 0.25) is 0 Å². The molecule has 48 heavy (non-hydrogen) atoms. The van der Waals surface area contributed by atoms with E-state index in [0.717, 1.165) is 9.13 Å². The van der Waals surface area contributed by atoms with Gasteiger partial charge in [-0.3, -0.25) is 9.59 Å². The van der Waals surface area contributed by atoms with Crippen LogP contribution in [0.3, 0.4) is 0 Å². The molecule has 0 aliphatic heterocycles. The Morgan fingerprint density at radius 3 is 1.67 bits per heavy atom. The number of halogens is 3. The Hall–Kier alpha value is -2.69. The highest BCUT2D eigenvalue weighted by Gasteiger charge is 2.38. The Kier molecular flexibility index (Phi) is 14.3. The maximum absolute atomic E-state index is 14.1. The third-order valence-electron chi connectivity index (χ3n) is 8.76. The van der Waals surface area contributed by atoms with Crippen LogP contribution in [0.15, 0.2) is 47.6 Å². The molecule has 2 N–H and O–H groups in total. The van der Waals surface area contributed by atoms with Crippen molar-refractivity contribution in [3.8, 4) is 5.75 Å². The molecule has 2 unspecified atom stereocenters. The quantitative estimate of drug-likeness (QED) is 0.158. The zero-order chi connectivity index (χ0) is 36.0. The Bertz CT molecular complexity index is 1630. The number of ketones is 2. The van der Waals surface area contributed by atoms with Crippen LogP contribution >= 0.6 is 45.2 Å². The Morgan fingerprint density at radius 2 is 1.25 bits per heavy atom. The van der Waals surface area contributed by atoms with Crippen LogP contribution in [-0.2, 0) is 19.1 Å². The lowest BCUT2D eigenvalue weighted by atomic mass is 9.73. The number of esters is 2. The van der Waals surface area contributed by atoms with E-state index in [2.05, 4.69) is 22.6 Å². The highest BCUT2D eigenvalue weighted by molar-refractivity contribution is 14.1. The number of ether oxygens (including phenoxy) is 3. The maximum atomic E-state index is 14.1. The van der Waals surface area contributed by atoms with Crippen LogP contribution in [0.4, 0.5) is 4.39 Å². The molecule has 0 radical (unpaired) electrons. The number of hydrogen-bond acceptors (Lipinski definition) is 9. The molecule has 0 spiro atoms. The molecule has 0 bridgehead atoms. The number of Topliss-reactive ketones (excluding diaryl/α,β-unsaturated/α-hetero) is 2. The standard InChI is InChI=1S/C18H20FIO4.C18H21IO5/c1-4-24-18(23)13-5-10(14(8-21)9(2)3)11-6-15(19)16(20)7-12(11)17(13)22;1-9(2)14(8-20)10-5-13(18(22)24-4)17(21)12-6-15(19)16(23-3)7-11(10)12/h5-7,9-10,14,21H,4,8H2,1-3H3;5-7,9-10,14,20H,8H2,1-4H3/t2*10?,14-/m11/s1. The van der Waals surface area contributed by atoms with Crippen molar-refractivity contribution in [3.05, 3.63) is 82.8 Å². The summed E-state index contributed by atoms with van der Waals surface area (Å²) in [6.07, 6.45) is 3.15. The van der Waals surface area contributed by atoms with Crippen molar-refractivity contribution < 1.29 is 48.0 Å². The Balaban J connectivity index is 0.000000260. The summed E-state index contributed by atoms with van der Waals surface area (Å²) in [6.45, 7) is 9.55. The van der Waals surface area contributed by atoms with E-state index in [1.54, 1.807) is 26.2 Å². The van der Waals surface area contributed by atoms with E-state index < -0.39 is 29.5 Å². The predicted octanol–water partition coefficient (Wildman–Crippen LogP) is 6.41. The van der Waals surface area contributed by atoms with Crippen molar-refractivity contribution in [1.29, 1.82) is 0 Å². The molecule has 0 aromatic heterocycles. The summed E-state index contributed by atoms with van der Waals surface area (Å²) in [4.78, 5) is 49.6. The van der Waals surface area contributed by atoms with Crippen LogP contribution in [0.2, 0.25) is 0 Å². The average molecular weight is 891 g/mol. The minimum Gasteiger partial charge on any atom is -0.496 e. The van der Waals surface area contributed by atoms with Gasteiger partial charge in [0.25, 0.3) is 0 Å². The first-order chi connectivity index (χ1) is 22.7. The van der Waals surface area contributed by atoms with Gasteiger partial charge in [0.05, 0.1) is 24.4 Å². The number of benzene rings is 2. The summed E-state index contributed by atoms with van der Waals surface area (Å²) >= 11 is 3.91. The summed E-state index contributed by atoms with van der Waals surface area (Å²) in [5.41, 5.74) is 2.03. The number of rotatable bonds is 10. The number of hydrogen-bond donors (Lipinski definition) is 2. The monoisotopic (exact) mass is 890 g/mol. The molecule has 2 aromatic rings. The second kappa shape index (κ2) is 17.3. The van der Waals surface area contributed by atoms with Gasteiger partial charge >= 0.3 is 11.9 Å². The molecule has 260 valence electrons. The lowest BCUT2D eigenvalue weighted by Gasteiger charge is -2.31. The molecule has 4 atom stereocenters. The van der Waals surface area contributed by atoms with E-state index >= 15 is 0 Å².